The topological polar surface area (TPSA) is 6.48 Å². The SMILES string of the molecule is CSN1CCC2(C1)CN(C(C)C)C2. The number of likely N-dealkylation sites (tertiary alicyclic amines) is 1. The molecule has 2 heterocycles. The molecule has 76 valence electrons. The Labute approximate surface area is 85.8 Å². The summed E-state index contributed by atoms with van der Waals surface area (Å²) in [4.78, 5) is 2.59. The minimum Gasteiger partial charge on any atom is -0.300 e. The summed E-state index contributed by atoms with van der Waals surface area (Å²) in [6.07, 6.45) is 3.61. The van der Waals surface area contributed by atoms with Crippen LogP contribution in [0.3, 0.4) is 0 Å². The first kappa shape index (κ1) is 9.81. The lowest BCUT2D eigenvalue weighted by molar-refractivity contribution is -0.00985. The van der Waals surface area contributed by atoms with Crippen LogP contribution in [-0.2, 0) is 0 Å². The molecule has 2 fully saturated rings. The Hall–Kier alpha value is 0.270. The van der Waals surface area contributed by atoms with Crippen molar-refractivity contribution in [1.82, 2.24) is 9.21 Å². The van der Waals surface area contributed by atoms with Crippen LogP contribution < -0.4 is 0 Å². The minimum atomic E-state index is 0.674. The number of hydrogen-bond acceptors (Lipinski definition) is 3. The van der Waals surface area contributed by atoms with E-state index >= 15 is 0 Å². The molecule has 0 bridgehead atoms. The molecule has 0 aromatic rings. The van der Waals surface area contributed by atoms with Gasteiger partial charge in [0.2, 0.25) is 0 Å². The van der Waals surface area contributed by atoms with Crippen LogP contribution in [0.25, 0.3) is 0 Å². The van der Waals surface area contributed by atoms with Gasteiger partial charge in [0.15, 0.2) is 0 Å². The summed E-state index contributed by atoms with van der Waals surface area (Å²) in [6, 6.07) is 0.744. The van der Waals surface area contributed by atoms with Crippen LogP contribution >= 0.6 is 11.9 Å². The minimum absolute atomic E-state index is 0.674. The second-order valence-corrected chi connectivity index (χ2v) is 5.68. The van der Waals surface area contributed by atoms with E-state index in [2.05, 4.69) is 29.3 Å². The quantitative estimate of drug-likeness (QED) is 0.626. The molecule has 0 aromatic carbocycles. The Bertz CT molecular complexity index is 187. The first-order valence-corrected chi connectivity index (χ1v) is 6.36. The van der Waals surface area contributed by atoms with Gasteiger partial charge in [-0.05, 0) is 26.5 Å². The highest BCUT2D eigenvalue weighted by molar-refractivity contribution is 7.96. The number of hydrogen-bond donors (Lipinski definition) is 0. The van der Waals surface area contributed by atoms with E-state index in [4.69, 9.17) is 0 Å². The van der Waals surface area contributed by atoms with Crippen molar-refractivity contribution in [3.63, 3.8) is 0 Å². The molecule has 0 aromatic heterocycles. The Kier molecular flexibility index (Phi) is 2.60. The fourth-order valence-corrected chi connectivity index (χ4v) is 3.17. The zero-order chi connectivity index (χ0) is 9.47. The fourth-order valence-electron chi connectivity index (χ4n) is 2.49. The van der Waals surface area contributed by atoms with E-state index in [-0.39, 0.29) is 0 Å². The molecule has 13 heavy (non-hydrogen) atoms. The van der Waals surface area contributed by atoms with E-state index in [1.165, 1.54) is 32.6 Å². The Morgan fingerprint density at radius 1 is 1.23 bits per heavy atom. The van der Waals surface area contributed by atoms with Gasteiger partial charge < -0.3 is 0 Å². The monoisotopic (exact) mass is 200 g/mol. The average Bonchev–Trinajstić information content (AvgIpc) is 2.44. The van der Waals surface area contributed by atoms with Crippen molar-refractivity contribution in [2.45, 2.75) is 26.3 Å². The summed E-state index contributed by atoms with van der Waals surface area (Å²) in [5, 5.41) is 0. The van der Waals surface area contributed by atoms with Crippen molar-refractivity contribution in [3.05, 3.63) is 0 Å². The largest absolute Gasteiger partial charge is 0.300 e. The molecule has 0 atom stereocenters. The summed E-state index contributed by atoms with van der Waals surface area (Å²) in [5.74, 6) is 0. The predicted octanol–water partition coefficient (Wildman–Crippen LogP) is 1.68. The second-order valence-electron chi connectivity index (χ2n) is 4.79. The first-order chi connectivity index (χ1) is 6.15. The molecule has 0 saturated carbocycles. The van der Waals surface area contributed by atoms with Crippen molar-refractivity contribution in [3.8, 4) is 0 Å². The maximum atomic E-state index is 2.59. The van der Waals surface area contributed by atoms with Gasteiger partial charge in [-0.3, -0.25) is 9.21 Å². The molecule has 2 aliphatic heterocycles. The van der Waals surface area contributed by atoms with Crippen molar-refractivity contribution in [1.29, 1.82) is 0 Å². The van der Waals surface area contributed by atoms with Gasteiger partial charge in [0, 0.05) is 37.6 Å². The number of nitrogens with zero attached hydrogens (tertiary/aromatic N) is 2. The van der Waals surface area contributed by atoms with Crippen LogP contribution in [0.5, 0.6) is 0 Å². The van der Waals surface area contributed by atoms with E-state index in [1.54, 1.807) is 0 Å². The van der Waals surface area contributed by atoms with Crippen LogP contribution in [0.2, 0.25) is 0 Å². The average molecular weight is 200 g/mol. The van der Waals surface area contributed by atoms with E-state index in [0.717, 1.165) is 6.04 Å². The number of rotatable bonds is 2. The third kappa shape index (κ3) is 1.74. The van der Waals surface area contributed by atoms with E-state index in [1.807, 2.05) is 11.9 Å². The molecule has 2 saturated heterocycles. The summed E-state index contributed by atoms with van der Waals surface area (Å²) in [6.45, 7) is 9.89. The Morgan fingerprint density at radius 2 is 1.92 bits per heavy atom. The first-order valence-electron chi connectivity index (χ1n) is 5.18. The maximum Gasteiger partial charge on any atom is 0.0171 e. The third-order valence-electron chi connectivity index (χ3n) is 3.47. The Morgan fingerprint density at radius 3 is 2.38 bits per heavy atom. The van der Waals surface area contributed by atoms with Gasteiger partial charge in [-0.25, -0.2) is 0 Å². The zero-order valence-electron chi connectivity index (χ0n) is 8.92. The highest BCUT2D eigenvalue weighted by atomic mass is 32.2. The lowest BCUT2D eigenvalue weighted by atomic mass is 9.78. The molecule has 0 radical (unpaired) electrons. The smallest absolute Gasteiger partial charge is 0.0171 e. The van der Waals surface area contributed by atoms with Gasteiger partial charge in [-0.2, -0.15) is 0 Å². The van der Waals surface area contributed by atoms with E-state index in [0.29, 0.717) is 5.41 Å². The van der Waals surface area contributed by atoms with Gasteiger partial charge in [0.1, 0.15) is 0 Å². The molecule has 1 spiro atoms. The molecular weight excluding hydrogens is 180 g/mol. The molecule has 2 nitrogen and oxygen atoms in total. The van der Waals surface area contributed by atoms with Crippen molar-refractivity contribution in [2.75, 3.05) is 32.4 Å². The molecule has 0 N–H and O–H groups in total. The summed E-state index contributed by atoms with van der Waals surface area (Å²) in [5.41, 5.74) is 0.674. The summed E-state index contributed by atoms with van der Waals surface area (Å²) in [7, 11) is 0. The molecular formula is C10H20N2S. The Balaban J connectivity index is 1.84. The molecule has 2 aliphatic rings. The van der Waals surface area contributed by atoms with Crippen LogP contribution in [0, 0.1) is 5.41 Å². The van der Waals surface area contributed by atoms with Gasteiger partial charge in [0.25, 0.3) is 0 Å². The zero-order valence-corrected chi connectivity index (χ0v) is 9.73. The lowest BCUT2D eigenvalue weighted by Crippen LogP contribution is -2.59. The maximum absolute atomic E-state index is 2.59. The molecule has 0 aliphatic carbocycles. The highest BCUT2D eigenvalue weighted by Gasteiger charge is 2.47. The fraction of sp³-hybridized carbons (Fsp3) is 1.00. The molecule has 0 amide bonds. The van der Waals surface area contributed by atoms with Crippen LogP contribution in [0.15, 0.2) is 0 Å². The molecule has 3 heteroatoms. The van der Waals surface area contributed by atoms with Gasteiger partial charge in [0.05, 0.1) is 0 Å². The summed E-state index contributed by atoms with van der Waals surface area (Å²) >= 11 is 1.91. The van der Waals surface area contributed by atoms with E-state index < -0.39 is 0 Å². The van der Waals surface area contributed by atoms with Crippen molar-refractivity contribution in [2.24, 2.45) is 5.41 Å². The summed E-state index contributed by atoms with van der Waals surface area (Å²) < 4.78 is 2.51. The van der Waals surface area contributed by atoms with Gasteiger partial charge >= 0.3 is 0 Å². The lowest BCUT2D eigenvalue weighted by Gasteiger charge is -2.50. The normalized spacial score (nSPS) is 28.6. The third-order valence-corrected chi connectivity index (χ3v) is 4.30. The molecule has 2 rings (SSSR count). The van der Waals surface area contributed by atoms with Crippen LogP contribution in [-0.4, -0.2) is 47.7 Å². The standard InChI is InChI=1S/C10H20N2S/c1-9(2)11-6-10(7-11)4-5-12(8-10)13-3/h9H,4-8H2,1-3H3. The second kappa shape index (κ2) is 3.44. The van der Waals surface area contributed by atoms with Gasteiger partial charge in [-0.1, -0.05) is 11.9 Å². The van der Waals surface area contributed by atoms with Crippen LogP contribution in [0.1, 0.15) is 20.3 Å². The predicted molar refractivity (Wildman–Crippen MR) is 58.8 cm³/mol. The molecule has 0 unspecified atom stereocenters. The van der Waals surface area contributed by atoms with Gasteiger partial charge in [-0.15, -0.1) is 0 Å². The van der Waals surface area contributed by atoms with E-state index in [9.17, 15) is 0 Å². The highest BCUT2D eigenvalue weighted by Crippen LogP contribution is 2.41. The van der Waals surface area contributed by atoms with Crippen molar-refractivity contribution < 1.29 is 0 Å². The van der Waals surface area contributed by atoms with Crippen molar-refractivity contribution >= 4 is 11.9 Å². The van der Waals surface area contributed by atoms with Crippen LogP contribution in [0.4, 0.5) is 0 Å².